The van der Waals surface area contributed by atoms with Crippen LogP contribution in [0.1, 0.15) is 23.0 Å². The summed E-state index contributed by atoms with van der Waals surface area (Å²) in [5, 5.41) is 0. The molecule has 9 heteroatoms. The summed E-state index contributed by atoms with van der Waals surface area (Å²) in [4.78, 5) is 14.9. The molecular formula is C10H10F4N2O3. The number of carbonyl (C=O) groups is 1. The van der Waals surface area contributed by atoms with Crippen LogP contribution in [0.2, 0.25) is 0 Å². The van der Waals surface area contributed by atoms with Crippen molar-refractivity contribution in [1.82, 2.24) is 4.98 Å². The summed E-state index contributed by atoms with van der Waals surface area (Å²) in [5.74, 6) is -3.88. The number of hydrogen-bond acceptors (Lipinski definition) is 5. The molecule has 0 aliphatic rings. The highest BCUT2D eigenvalue weighted by molar-refractivity contribution is 5.91. The Bertz CT molecular complexity index is 477. The fourth-order valence-electron chi connectivity index (χ4n) is 1.27. The summed E-state index contributed by atoms with van der Waals surface area (Å²) in [6.45, 7) is 1.05. The third-order valence-electron chi connectivity index (χ3n) is 1.96. The van der Waals surface area contributed by atoms with Crippen LogP contribution in [0.25, 0.3) is 0 Å². The molecular weight excluding hydrogens is 272 g/mol. The predicted octanol–water partition coefficient (Wildman–Crippen LogP) is 1.75. The lowest BCUT2D eigenvalue weighted by atomic mass is 10.1. The first kappa shape index (κ1) is 15.2. The first-order valence-electron chi connectivity index (χ1n) is 5.10. The van der Waals surface area contributed by atoms with Gasteiger partial charge in [0.1, 0.15) is 5.56 Å². The van der Waals surface area contributed by atoms with Crippen LogP contribution < -0.4 is 10.5 Å². The normalized spacial score (nSPS) is 11.3. The minimum atomic E-state index is -5.10. The molecule has 19 heavy (non-hydrogen) atoms. The molecule has 106 valence electrons. The highest BCUT2D eigenvalue weighted by Gasteiger charge is 2.34. The lowest BCUT2D eigenvalue weighted by Gasteiger charge is -2.13. The van der Waals surface area contributed by atoms with Gasteiger partial charge in [-0.05, 0) is 6.92 Å². The van der Waals surface area contributed by atoms with Crippen LogP contribution in [-0.4, -0.2) is 23.9 Å². The molecule has 0 unspecified atom stereocenters. The van der Waals surface area contributed by atoms with Crippen LogP contribution in [-0.2, 0) is 11.3 Å². The smallest absolute Gasteiger partial charge is 0.462 e. The lowest BCUT2D eigenvalue weighted by Crippen LogP contribution is -2.21. The zero-order chi connectivity index (χ0) is 14.6. The van der Waals surface area contributed by atoms with Crippen molar-refractivity contribution in [3.05, 3.63) is 23.3 Å². The fourth-order valence-corrected chi connectivity index (χ4v) is 1.27. The van der Waals surface area contributed by atoms with E-state index in [1.54, 1.807) is 0 Å². The van der Waals surface area contributed by atoms with Crippen LogP contribution in [0.5, 0.6) is 5.75 Å². The van der Waals surface area contributed by atoms with Crippen molar-refractivity contribution in [1.29, 1.82) is 0 Å². The van der Waals surface area contributed by atoms with Gasteiger partial charge in [0.25, 0.3) is 0 Å². The summed E-state index contributed by atoms with van der Waals surface area (Å²) in [6, 6.07) is 0. The highest BCUT2D eigenvalue weighted by Crippen LogP contribution is 2.28. The van der Waals surface area contributed by atoms with Crippen LogP contribution in [0.15, 0.2) is 6.20 Å². The predicted molar refractivity (Wildman–Crippen MR) is 54.7 cm³/mol. The van der Waals surface area contributed by atoms with E-state index >= 15 is 0 Å². The quantitative estimate of drug-likeness (QED) is 0.672. The molecule has 0 radical (unpaired) electrons. The monoisotopic (exact) mass is 282 g/mol. The fraction of sp³-hybridized carbons (Fsp3) is 0.400. The Labute approximate surface area is 105 Å². The number of esters is 1. The second-order valence-corrected chi connectivity index (χ2v) is 3.23. The van der Waals surface area contributed by atoms with E-state index in [2.05, 4.69) is 14.5 Å². The average molecular weight is 282 g/mol. The molecule has 1 aromatic heterocycles. The third kappa shape index (κ3) is 3.78. The van der Waals surface area contributed by atoms with E-state index in [1.807, 2.05) is 0 Å². The summed E-state index contributed by atoms with van der Waals surface area (Å²) in [5.41, 5.74) is 4.26. The second kappa shape index (κ2) is 5.83. The molecule has 0 aliphatic carbocycles. The van der Waals surface area contributed by atoms with E-state index in [0.29, 0.717) is 6.20 Å². The van der Waals surface area contributed by atoms with Gasteiger partial charge in [0.05, 0.1) is 18.5 Å². The molecule has 1 heterocycles. The van der Waals surface area contributed by atoms with Gasteiger partial charge >= 0.3 is 12.3 Å². The number of nitrogens with zero attached hydrogens (tertiary/aromatic N) is 1. The molecule has 0 spiro atoms. The maximum absolute atomic E-state index is 13.8. The Morgan fingerprint density at radius 3 is 2.58 bits per heavy atom. The van der Waals surface area contributed by atoms with Crippen molar-refractivity contribution >= 4 is 5.97 Å². The number of ether oxygens (including phenoxy) is 2. The number of hydrogen-bond donors (Lipinski definition) is 1. The first-order chi connectivity index (χ1) is 8.80. The minimum Gasteiger partial charge on any atom is -0.462 e. The summed E-state index contributed by atoms with van der Waals surface area (Å²) < 4.78 is 57.8. The zero-order valence-corrected chi connectivity index (χ0v) is 9.75. The average Bonchev–Trinajstić information content (AvgIpc) is 2.30. The molecule has 0 bridgehead atoms. The summed E-state index contributed by atoms with van der Waals surface area (Å²) in [6.07, 6.45) is -4.59. The number of pyridine rings is 1. The minimum absolute atomic E-state index is 0.0767. The SMILES string of the molecule is CCOC(=O)c1c(CN)ncc(OC(F)(F)F)c1F. The van der Waals surface area contributed by atoms with Gasteiger partial charge in [-0.15, -0.1) is 13.2 Å². The summed E-state index contributed by atoms with van der Waals surface area (Å²) in [7, 11) is 0. The Balaban J connectivity index is 3.25. The van der Waals surface area contributed by atoms with Gasteiger partial charge in [0.2, 0.25) is 0 Å². The molecule has 0 saturated heterocycles. The molecule has 0 aromatic carbocycles. The largest absolute Gasteiger partial charge is 0.573 e. The Morgan fingerprint density at radius 2 is 2.11 bits per heavy atom. The van der Waals surface area contributed by atoms with Gasteiger partial charge in [-0.2, -0.15) is 0 Å². The topological polar surface area (TPSA) is 74.4 Å². The van der Waals surface area contributed by atoms with Gasteiger partial charge in [0, 0.05) is 6.54 Å². The molecule has 0 saturated carbocycles. The first-order valence-corrected chi connectivity index (χ1v) is 5.10. The van der Waals surface area contributed by atoms with Crippen molar-refractivity contribution in [3.63, 3.8) is 0 Å². The molecule has 1 rings (SSSR count). The second-order valence-electron chi connectivity index (χ2n) is 3.23. The van der Waals surface area contributed by atoms with Gasteiger partial charge in [-0.25, -0.2) is 9.18 Å². The van der Waals surface area contributed by atoms with E-state index in [0.717, 1.165) is 0 Å². The van der Waals surface area contributed by atoms with Crippen LogP contribution in [0.4, 0.5) is 17.6 Å². The highest BCUT2D eigenvalue weighted by atomic mass is 19.4. The van der Waals surface area contributed by atoms with E-state index in [-0.39, 0.29) is 18.8 Å². The number of rotatable bonds is 4. The Morgan fingerprint density at radius 1 is 1.47 bits per heavy atom. The number of halogens is 4. The summed E-state index contributed by atoms with van der Waals surface area (Å²) >= 11 is 0. The van der Waals surface area contributed by atoms with Gasteiger partial charge in [0.15, 0.2) is 11.6 Å². The van der Waals surface area contributed by atoms with Gasteiger partial charge in [-0.1, -0.05) is 0 Å². The maximum Gasteiger partial charge on any atom is 0.573 e. The van der Waals surface area contributed by atoms with E-state index in [4.69, 9.17) is 5.73 Å². The number of carbonyl (C=O) groups excluding carboxylic acids is 1. The lowest BCUT2D eigenvalue weighted by molar-refractivity contribution is -0.275. The molecule has 0 atom stereocenters. The molecule has 1 aromatic rings. The zero-order valence-electron chi connectivity index (χ0n) is 9.75. The van der Waals surface area contributed by atoms with Crippen LogP contribution in [0.3, 0.4) is 0 Å². The van der Waals surface area contributed by atoms with Crippen LogP contribution >= 0.6 is 0 Å². The van der Waals surface area contributed by atoms with Crippen molar-refractivity contribution in [2.75, 3.05) is 6.61 Å². The van der Waals surface area contributed by atoms with Gasteiger partial charge in [-0.3, -0.25) is 4.98 Å². The van der Waals surface area contributed by atoms with Gasteiger partial charge < -0.3 is 15.2 Å². The Hall–Kier alpha value is -1.90. The molecule has 0 aliphatic heterocycles. The molecule has 0 fully saturated rings. The maximum atomic E-state index is 13.8. The number of nitrogens with two attached hydrogens (primary N) is 1. The number of alkyl halides is 3. The molecule has 5 nitrogen and oxygen atoms in total. The molecule has 0 amide bonds. The van der Waals surface area contributed by atoms with Crippen molar-refractivity contribution in [3.8, 4) is 5.75 Å². The van der Waals surface area contributed by atoms with E-state index < -0.39 is 29.5 Å². The molecule has 2 N–H and O–H groups in total. The van der Waals surface area contributed by atoms with Crippen molar-refractivity contribution < 1.29 is 31.8 Å². The third-order valence-corrected chi connectivity index (χ3v) is 1.96. The van der Waals surface area contributed by atoms with E-state index in [1.165, 1.54) is 6.92 Å². The van der Waals surface area contributed by atoms with E-state index in [9.17, 15) is 22.4 Å². The van der Waals surface area contributed by atoms with Crippen LogP contribution in [0, 0.1) is 5.82 Å². The number of aromatic nitrogens is 1. The Kier molecular flexibility index (Phi) is 4.65. The van der Waals surface area contributed by atoms with Crippen molar-refractivity contribution in [2.45, 2.75) is 19.8 Å². The van der Waals surface area contributed by atoms with Crippen molar-refractivity contribution in [2.24, 2.45) is 5.73 Å². The standard InChI is InChI=1S/C10H10F4N2O3/c1-2-18-9(17)7-5(3-15)16-4-6(8(7)11)19-10(12,13)14/h4H,2-3,15H2,1H3.